The summed E-state index contributed by atoms with van der Waals surface area (Å²) in [4.78, 5) is 0. The van der Waals surface area contributed by atoms with Crippen LogP contribution >= 0.6 is 15.9 Å². The highest BCUT2D eigenvalue weighted by atomic mass is 79.9. The van der Waals surface area contributed by atoms with Gasteiger partial charge in [0.1, 0.15) is 5.82 Å². The highest BCUT2D eigenvalue weighted by molar-refractivity contribution is 9.10. The van der Waals surface area contributed by atoms with Gasteiger partial charge in [-0.1, -0.05) is 25.3 Å². The lowest BCUT2D eigenvalue weighted by Crippen LogP contribution is -2.26. The van der Waals surface area contributed by atoms with Crippen molar-refractivity contribution >= 4 is 15.9 Å². The van der Waals surface area contributed by atoms with Gasteiger partial charge < -0.3 is 0 Å². The van der Waals surface area contributed by atoms with Gasteiger partial charge in [-0.25, -0.2) is 4.39 Å². The highest BCUT2D eigenvalue weighted by Crippen LogP contribution is 2.16. The summed E-state index contributed by atoms with van der Waals surface area (Å²) in [6.07, 6.45) is 7.36. The second-order valence-corrected chi connectivity index (χ2v) is 4.49. The van der Waals surface area contributed by atoms with E-state index < -0.39 is 0 Å². The van der Waals surface area contributed by atoms with Crippen LogP contribution in [0.25, 0.3) is 0 Å². The summed E-state index contributed by atoms with van der Waals surface area (Å²) in [5, 5.41) is 3.22. The van der Waals surface area contributed by atoms with Crippen molar-refractivity contribution < 1.29 is 4.39 Å². The van der Waals surface area contributed by atoms with Gasteiger partial charge in [0.15, 0.2) is 0 Å². The second kappa shape index (κ2) is 6.67. The largest absolute Gasteiger partial charge is 0.300 e. The van der Waals surface area contributed by atoms with Gasteiger partial charge in [0.2, 0.25) is 0 Å². The zero-order valence-electron chi connectivity index (χ0n) is 9.26. The van der Waals surface area contributed by atoms with E-state index >= 15 is 0 Å². The standard InChI is InChI=1S/C13H15BrFN/c1-3-5-11(4-2)16-9-10-6-7-12(14)13(15)8-10/h2,6-8,11,16H,3,5,9H2,1H3. The molecular weight excluding hydrogens is 269 g/mol. The van der Waals surface area contributed by atoms with Gasteiger partial charge in [-0.2, -0.15) is 0 Å². The molecule has 0 heterocycles. The SMILES string of the molecule is C#CC(CCC)NCc1ccc(Br)c(F)c1. The third-order valence-corrected chi connectivity index (χ3v) is 2.96. The van der Waals surface area contributed by atoms with E-state index in [-0.39, 0.29) is 11.9 Å². The van der Waals surface area contributed by atoms with E-state index in [1.54, 1.807) is 6.07 Å². The average Bonchev–Trinajstić information content (AvgIpc) is 2.28. The second-order valence-electron chi connectivity index (χ2n) is 3.64. The van der Waals surface area contributed by atoms with Crippen LogP contribution in [-0.2, 0) is 6.54 Å². The van der Waals surface area contributed by atoms with Crippen molar-refractivity contribution in [2.45, 2.75) is 32.4 Å². The molecule has 0 aliphatic rings. The molecule has 0 saturated heterocycles. The molecule has 0 aromatic heterocycles. The lowest BCUT2D eigenvalue weighted by atomic mass is 10.1. The molecule has 86 valence electrons. The molecule has 0 bridgehead atoms. The maximum atomic E-state index is 13.2. The zero-order valence-corrected chi connectivity index (χ0v) is 10.8. The number of nitrogens with one attached hydrogen (secondary N) is 1. The van der Waals surface area contributed by atoms with Crippen molar-refractivity contribution in [2.75, 3.05) is 0 Å². The molecule has 1 atom stereocenters. The van der Waals surface area contributed by atoms with Crippen LogP contribution in [0.5, 0.6) is 0 Å². The molecule has 3 heteroatoms. The summed E-state index contributed by atoms with van der Waals surface area (Å²) in [6, 6.07) is 5.16. The normalized spacial score (nSPS) is 12.1. The van der Waals surface area contributed by atoms with Crippen molar-refractivity contribution in [1.29, 1.82) is 0 Å². The van der Waals surface area contributed by atoms with E-state index in [4.69, 9.17) is 6.42 Å². The Morgan fingerprint density at radius 1 is 1.56 bits per heavy atom. The Morgan fingerprint density at radius 2 is 2.31 bits per heavy atom. The molecule has 0 aliphatic heterocycles. The van der Waals surface area contributed by atoms with E-state index in [0.717, 1.165) is 18.4 Å². The molecule has 0 spiro atoms. The smallest absolute Gasteiger partial charge is 0.137 e. The summed E-state index contributed by atoms with van der Waals surface area (Å²) >= 11 is 3.12. The molecule has 0 fully saturated rings. The Balaban J connectivity index is 2.54. The van der Waals surface area contributed by atoms with Crippen LogP contribution in [-0.4, -0.2) is 6.04 Å². The Hall–Kier alpha value is -0.850. The lowest BCUT2D eigenvalue weighted by molar-refractivity contribution is 0.559. The first-order chi connectivity index (χ1) is 7.67. The Morgan fingerprint density at radius 3 is 2.88 bits per heavy atom. The van der Waals surface area contributed by atoms with E-state index in [1.807, 2.05) is 6.07 Å². The van der Waals surface area contributed by atoms with Crippen molar-refractivity contribution in [3.63, 3.8) is 0 Å². The molecule has 1 aromatic rings. The number of terminal acetylenes is 1. The summed E-state index contributed by atoms with van der Waals surface area (Å²) in [6.45, 7) is 2.68. The molecule has 0 amide bonds. The van der Waals surface area contributed by atoms with Gasteiger partial charge in [0.05, 0.1) is 10.5 Å². The Labute approximate surface area is 105 Å². The minimum atomic E-state index is -0.243. The predicted molar refractivity (Wildman–Crippen MR) is 68.5 cm³/mol. The summed E-state index contributed by atoms with van der Waals surface area (Å²) in [7, 11) is 0. The molecule has 0 saturated carbocycles. The van der Waals surface area contributed by atoms with Crippen LogP contribution in [0.3, 0.4) is 0 Å². The first-order valence-corrected chi connectivity index (χ1v) is 6.10. The molecule has 1 rings (SSSR count). The number of benzene rings is 1. The molecule has 0 radical (unpaired) electrons. The maximum absolute atomic E-state index is 13.2. The third-order valence-electron chi connectivity index (χ3n) is 2.32. The maximum Gasteiger partial charge on any atom is 0.137 e. The Kier molecular flexibility index (Phi) is 5.51. The van der Waals surface area contributed by atoms with Gasteiger partial charge in [-0.3, -0.25) is 5.32 Å². The van der Waals surface area contributed by atoms with Gasteiger partial charge >= 0.3 is 0 Å². The molecule has 1 nitrogen and oxygen atoms in total. The van der Waals surface area contributed by atoms with Gasteiger partial charge in [0.25, 0.3) is 0 Å². The van der Waals surface area contributed by atoms with Crippen LogP contribution in [0.15, 0.2) is 22.7 Å². The van der Waals surface area contributed by atoms with Crippen LogP contribution in [0.4, 0.5) is 4.39 Å². The molecule has 16 heavy (non-hydrogen) atoms. The zero-order chi connectivity index (χ0) is 12.0. The minimum absolute atomic E-state index is 0.0664. The minimum Gasteiger partial charge on any atom is -0.300 e. The van der Waals surface area contributed by atoms with Crippen molar-refractivity contribution in [2.24, 2.45) is 0 Å². The Bertz CT molecular complexity index is 384. The molecule has 0 aliphatic carbocycles. The fourth-order valence-electron chi connectivity index (χ4n) is 1.42. The number of hydrogen-bond acceptors (Lipinski definition) is 1. The quantitative estimate of drug-likeness (QED) is 0.816. The van der Waals surface area contributed by atoms with Crippen molar-refractivity contribution in [3.05, 3.63) is 34.1 Å². The number of rotatable bonds is 5. The molecule has 1 N–H and O–H groups in total. The van der Waals surface area contributed by atoms with Gasteiger partial charge in [-0.05, 0) is 40.0 Å². The van der Waals surface area contributed by atoms with Crippen molar-refractivity contribution in [1.82, 2.24) is 5.32 Å². The molecule has 1 unspecified atom stereocenters. The van der Waals surface area contributed by atoms with Crippen LogP contribution in [0.2, 0.25) is 0 Å². The van der Waals surface area contributed by atoms with Crippen LogP contribution in [0, 0.1) is 18.2 Å². The topological polar surface area (TPSA) is 12.0 Å². The number of halogens is 2. The predicted octanol–water partition coefficient (Wildman–Crippen LogP) is 3.48. The van der Waals surface area contributed by atoms with Crippen molar-refractivity contribution in [3.8, 4) is 12.3 Å². The fourth-order valence-corrected chi connectivity index (χ4v) is 1.67. The van der Waals surface area contributed by atoms with E-state index in [9.17, 15) is 4.39 Å². The monoisotopic (exact) mass is 283 g/mol. The van der Waals surface area contributed by atoms with E-state index in [1.165, 1.54) is 6.07 Å². The van der Waals surface area contributed by atoms with E-state index in [2.05, 4.69) is 34.1 Å². The number of hydrogen-bond donors (Lipinski definition) is 1. The summed E-state index contributed by atoms with van der Waals surface area (Å²) < 4.78 is 13.7. The van der Waals surface area contributed by atoms with Crippen LogP contribution < -0.4 is 5.32 Å². The first-order valence-electron chi connectivity index (χ1n) is 5.30. The third kappa shape index (κ3) is 3.96. The van der Waals surface area contributed by atoms with E-state index in [0.29, 0.717) is 11.0 Å². The summed E-state index contributed by atoms with van der Waals surface area (Å²) in [5.74, 6) is 2.44. The first kappa shape index (κ1) is 13.2. The van der Waals surface area contributed by atoms with Crippen LogP contribution in [0.1, 0.15) is 25.3 Å². The van der Waals surface area contributed by atoms with Gasteiger partial charge in [-0.15, -0.1) is 6.42 Å². The average molecular weight is 284 g/mol. The van der Waals surface area contributed by atoms with Gasteiger partial charge in [0, 0.05) is 6.54 Å². The molecular formula is C13H15BrFN. The fraction of sp³-hybridized carbons (Fsp3) is 0.385. The molecule has 1 aromatic carbocycles. The highest BCUT2D eigenvalue weighted by Gasteiger charge is 2.04. The lowest BCUT2D eigenvalue weighted by Gasteiger charge is -2.12. The summed E-state index contributed by atoms with van der Waals surface area (Å²) in [5.41, 5.74) is 0.900.